The van der Waals surface area contributed by atoms with Gasteiger partial charge in [0.15, 0.2) is 0 Å². The molecule has 1 saturated heterocycles. The molecule has 3 rings (SSSR count). The van der Waals surface area contributed by atoms with Gasteiger partial charge in [-0.25, -0.2) is 0 Å². The Bertz CT molecular complexity index is 444. The summed E-state index contributed by atoms with van der Waals surface area (Å²) in [6.45, 7) is 3.20. The van der Waals surface area contributed by atoms with E-state index in [2.05, 4.69) is 31.4 Å². The molecule has 2 unspecified atom stereocenters. The summed E-state index contributed by atoms with van der Waals surface area (Å²) in [4.78, 5) is 3.02. The molecule has 2 fully saturated rings. The summed E-state index contributed by atoms with van der Waals surface area (Å²) in [7, 11) is 2.12. The Balaban J connectivity index is 1.73. The largest absolute Gasteiger partial charge is 0.375 e. The molecule has 0 aromatic carbocycles. The predicted molar refractivity (Wildman–Crippen MR) is 90.0 cm³/mol. The van der Waals surface area contributed by atoms with Crippen LogP contribution in [-0.4, -0.2) is 19.3 Å². The van der Waals surface area contributed by atoms with Crippen LogP contribution in [0.4, 0.5) is 0 Å². The van der Waals surface area contributed by atoms with Crippen molar-refractivity contribution in [3.63, 3.8) is 0 Å². The smallest absolute Gasteiger partial charge is 0.0686 e. The summed E-state index contributed by atoms with van der Waals surface area (Å²) in [6.07, 6.45) is 10.3. The number of nitrogens with one attached hydrogen (secondary N) is 1. The second kappa shape index (κ2) is 6.80. The lowest BCUT2D eigenvalue weighted by atomic mass is 9.74. The van der Waals surface area contributed by atoms with Gasteiger partial charge in [-0.3, -0.25) is 0 Å². The van der Waals surface area contributed by atoms with Crippen molar-refractivity contribution >= 4 is 11.3 Å². The zero-order valence-corrected chi connectivity index (χ0v) is 14.3. The molecule has 2 heterocycles. The molecule has 1 aliphatic heterocycles. The molecular formula is C18H29NOS. The normalized spacial score (nSPS) is 26.9. The summed E-state index contributed by atoms with van der Waals surface area (Å²) in [6, 6.07) is 5.16. The van der Waals surface area contributed by atoms with E-state index in [1.807, 2.05) is 11.3 Å². The standard InChI is InChI=1S/C18H29NOS/c1-3-15-7-8-16(21-15)17(19-2)14-9-12-20-18(13-14)10-5-4-6-11-18/h7-8,14,17,19H,3-6,9-13H2,1-2H3. The van der Waals surface area contributed by atoms with Crippen molar-refractivity contribution in [2.45, 2.75) is 69.9 Å². The van der Waals surface area contributed by atoms with Crippen molar-refractivity contribution in [1.82, 2.24) is 5.32 Å². The third kappa shape index (κ3) is 3.35. The molecule has 21 heavy (non-hydrogen) atoms. The monoisotopic (exact) mass is 307 g/mol. The van der Waals surface area contributed by atoms with Crippen molar-refractivity contribution in [1.29, 1.82) is 0 Å². The van der Waals surface area contributed by atoms with E-state index in [1.54, 1.807) is 0 Å². The summed E-state index contributed by atoms with van der Waals surface area (Å²) < 4.78 is 6.27. The Morgan fingerprint density at radius 3 is 2.81 bits per heavy atom. The van der Waals surface area contributed by atoms with Gasteiger partial charge in [0.1, 0.15) is 0 Å². The highest BCUT2D eigenvalue weighted by atomic mass is 32.1. The zero-order chi connectivity index (χ0) is 14.7. The maximum absolute atomic E-state index is 6.27. The number of hydrogen-bond donors (Lipinski definition) is 1. The van der Waals surface area contributed by atoms with Crippen LogP contribution in [0.3, 0.4) is 0 Å². The van der Waals surface area contributed by atoms with Crippen LogP contribution in [0.1, 0.15) is 67.7 Å². The van der Waals surface area contributed by atoms with Crippen LogP contribution in [0.25, 0.3) is 0 Å². The molecule has 0 bridgehead atoms. The van der Waals surface area contributed by atoms with E-state index in [0.717, 1.165) is 18.9 Å². The van der Waals surface area contributed by atoms with Gasteiger partial charge >= 0.3 is 0 Å². The predicted octanol–water partition coefficient (Wildman–Crippen LogP) is 4.70. The van der Waals surface area contributed by atoms with Crippen molar-refractivity contribution in [2.24, 2.45) is 5.92 Å². The molecule has 0 amide bonds. The summed E-state index contributed by atoms with van der Waals surface area (Å²) >= 11 is 1.99. The molecule has 0 radical (unpaired) electrons. The van der Waals surface area contributed by atoms with E-state index in [4.69, 9.17) is 4.74 Å². The molecule has 1 aromatic rings. The van der Waals surface area contributed by atoms with Gasteiger partial charge in [-0.1, -0.05) is 26.2 Å². The molecule has 1 aromatic heterocycles. The van der Waals surface area contributed by atoms with Crippen LogP contribution in [-0.2, 0) is 11.2 Å². The topological polar surface area (TPSA) is 21.3 Å². The van der Waals surface area contributed by atoms with E-state index < -0.39 is 0 Å². The first kappa shape index (κ1) is 15.5. The average molecular weight is 308 g/mol. The van der Waals surface area contributed by atoms with Gasteiger partial charge in [-0.05, 0) is 57.2 Å². The van der Waals surface area contributed by atoms with Crippen molar-refractivity contribution in [3.8, 4) is 0 Å². The molecule has 118 valence electrons. The fraction of sp³-hybridized carbons (Fsp3) is 0.778. The Morgan fingerprint density at radius 2 is 2.14 bits per heavy atom. The molecule has 1 spiro atoms. The quantitative estimate of drug-likeness (QED) is 0.870. The second-order valence-corrected chi connectivity index (χ2v) is 7.97. The lowest BCUT2D eigenvalue weighted by Gasteiger charge is -2.45. The van der Waals surface area contributed by atoms with Gasteiger partial charge < -0.3 is 10.1 Å². The van der Waals surface area contributed by atoms with E-state index in [-0.39, 0.29) is 5.60 Å². The first-order valence-electron chi connectivity index (χ1n) is 8.66. The minimum Gasteiger partial charge on any atom is -0.375 e. The number of thiophene rings is 1. The lowest BCUT2D eigenvalue weighted by molar-refractivity contribution is -0.121. The average Bonchev–Trinajstić information content (AvgIpc) is 2.98. The third-order valence-corrected chi connectivity index (χ3v) is 6.73. The van der Waals surface area contributed by atoms with Crippen LogP contribution in [0.5, 0.6) is 0 Å². The van der Waals surface area contributed by atoms with Crippen molar-refractivity contribution in [3.05, 3.63) is 21.9 Å². The van der Waals surface area contributed by atoms with E-state index in [0.29, 0.717) is 6.04 Å². The molecule has 1 N–H and O–H groups in total. The molecule has 2 atom stereocenters. The van der Waals surface area contributed by atoms with E-state index >= 15 is 0 Å². The second-order valence-electron chi connectivity index (χ2n) is 6.77. The molecule has 3 heteroatoms. The summed E-state index contributed by atoms with van der Waals surface area (Å²) in [5.74, 6) is 0.727. The number of rotatable bonds is 4. The number of aryl methyl sites for hydroxylation is 1. The van der Waals surface area contributed by atoms with Gasteiger partial charge in [-0.2, -0.15) is 0 Å². The van der Waals surface area contributed by atoms with Gasteiger partial charge in [0.2, 0.25) is 0 Å². The fourth-order valence-corrected chi connectivity index (χ4v) is 5.41. The molecule has 1 aliphatic carbocycles. The lowest BCUT2D eigenvalue weighted by Crippen LogP contribution is -2.44. The number of ether oxygens (including phenoxy) is 1. The molecule has 1 saturated carbocycles. The van der Waals surface area contributed by atoms with Crippen LogP contribution < -0.4 is 5.32 Å². The van der Waals surface area contributed by atoms with Gasteiger partial charge in [0.25, 0.3) is 0 Å². The molecule has 2 nitrogen and oxygen atoms in total. The highest BCUT2D eigenvalue weighted by Crippen LogP contribution is 2.45. The van der Waals surface area contributed by atoms with Crippen LogP contribution in [0.15, 0.2) is 12.1 Å². The minimum absolute atomic E-state index is 0.209. The maximum atomic E-state index is 6.27. The van der Waals surface area contributed by atoms with Crippen molar-refractivity contribution < 1.29 is 4.74 Å². The van der Waals surface area contributed by atoms with Gasteiger partial charge in [0.05, 0.1) is 5.60 Å². The van der Waals surface area contributed by atoms with Gasteiger partial charge in [0, 0.05) is 22.4 Å². The third-order valence-electron chi connectivity index (χ3n) is 5.42. The molecular weight excluding hydrogens is 278 g/mol. The van der Waals surface area contributed by atoms with E-state index in [9.17, 15) is 0 Å². The van der Waals surface area contributed by atoms with Crippen molar-refractivity contribution in [2.75, 3.05) is 13.7 Å². The van der Waals surface area contributed by atoms with Gasteiger partial charge in [-0.15, -0.1) is 11.3 Å². The Morgan fingerprint density at radius 1 is 1.33 bits per heavy atom. The Kier molecular flexibility index (Phi) is 5.03. The number of hydrogen-bond acceptors (Lipinski definition) is 3. The minimum atomic E-state index is 0.209. The Hall–Kier alpha value is -0.380. The highest BCUT2D eigenvalue weighted by Gasteiger charge is 2.41. The van der Waals surface area contributed by atoms with Crippen LogP contribution in [0.2, 0.25) is 0 Å². The van der Waals surface area contributed by atoms with Crippen LogP contribution >= 0.6 is 11.3 Å². The van der Waals surface area contributed by atoms with Crippen LogP contribution in [0, 0.1) is 5.92 Å². The first-order valence-corrected chi connectivity index (χ1v) is 9.48. The summed E-state index contributed by atoms with van der Waals surface area (Å²) in [5, 5.41) is 3.60. The highest BCUT2D eigenvalue weighted by molar-refractivity contribution is 7.12. The first-order chi connectivity index (χ1) is 10.3. The summed E-state index contributed by atoms with van der Waals surface area (Å²) in [5.41, 5.74) is 0.209. The van der Waals surface area contributed by atoms with E-state index in [1.165, 1.54) is 54.7 Å². The fourth-order valence-electron chi connectivity index (χ4n) is 4.26. The SMILES string of the molecule is CCc1ccc(C(NC)C2CCOC3(CCCCC3)C2)s1. The maximum Gasteiger partial charge on any atom is 0.0686 e. The molecule has 2 aliphatic rings. The Labute approximate surface area is 133 Å². The zero-order valence-electron chi connectivity index (χ0n) is 13.5.